The first-order chi connectivity index (χ1) is 10.6. The van der Waals surface area contributed by atoms with Crippen molar-refractivity contribution in [2.45, 2.75) is 0 Å². The highest BCUT2D eigenvalue weighted by molar-refractivity contribution is 5.72. The fourth-order valence-electron chi connectivity index (χ4n) is 2.00. The first kappa shape index (κ1) is 13.7. The Balaban J connectivity index is 1.98. The fourth-order valence-corrected chi connectivity index (χ4v) is 2.00. The molecule has 0 fully saturated rings. The molecule has 0 aliphatic heterocycles. The predicted octanol–water partition coefficient (Wildman–Crippen LogP) is 2.02. The van der Waals surface area contributed by atoms with Gasteiger partial charge in [0.05, 0.1) is 5.69 Å². The van der Waals surface area contributed by atoms with Crippen molar-refractivity contribution in [3.8, 4) is 17.2 Å². The molecule has 22 heavy (non-hydrogen) atoms. The lowest BCUT2D eigenvalue weighted by Crippen LogP contribution is -2.33. The molecule has 0 spiro atoms. The summed E-state index contributed by atoms with van der Waals surface area (Å²) < 4.78 is 0. The van der Waals surface area contributed by atoms with E-state index in [4.69, 9.17) is 0 Å². The van der Waals surface area contributed by atoms with Gasteiger partial charge in [-0.3, -0.25) is 4.79 Å². The Labute approximate surface area is 125 Å². The molecule has 0 heterocycles. The van der Waals surface area contributed by atoms with Gasteiger partial charge in [0, 0.05) is 0 Å². The monoisotopic (exact) mass is 296 g/mol. The zero-order chi connectivity index (χ0) is 15.7. The summed E-state index contributed by atoms with van der Waals surface area (Å²) in [6.07, 6.45) is 0. The van der Waals surface area contributed by atoms with E-state index in [-0.39, 0.29) is 34.0 Å². The first-order valence-electron chi connectivity index (χ1n) is 6.48. The number of phenolic OH excluding ortho intramolecular Hbond substituents is 2. The van der Waals surface area contributed by atoms with E-state index in [1.54, 1.807) is 30.3 Å². The van der Waals surface area contributed by atoms with Crippen molar-refractivity contribution in [2.24, 2.45) is 4.99 Å². The normalized spacial score (nSPS) is 11.7. The smallest absolute Gasteiger partial charge is 0.235 e. The maximum absolute atomic E-state index is 12.0. The molecule has 0 atom stereocenters. The lowest BCUT2D eigenvalue weighted by Gasteiger charge is -2.12. The Morgan fingerprint density at radius 3 is 2.14 bits per heavy atom. The van der Waals surface area contributed by atoms with Crippen molar-refractivity contribution in [1.82, 2.24) is 0 Å². The van der Waals surface area contributed by atoms with Crippen LogP contribution in [0.2, 0.25) is 0 Å². The topological polar surface area (TPSA) is 102 Å². The molecule has 0 aliphatic rings. The molecule has 6 nitrogen and oxygen atoms in total. The number of rotatable bonds is 3. The molecule has 110 valence electrons. The SMILES string of the molecule is O=c1c(Nc2ccccc2O)c(O)c1=Nc1ccccc1O. The van der Waals surface area contributed by atoms with E-state index < -0.39 is 5.43 Å². The average molecular weight is 296 g/mol. The second kappa shape index (κ2) is 5.25. The second-order valence-electron chi connectivity index (χ2n) is 4.64. The van der Waals surface area contributed by atoms with Crippen molar-refractivity contribution in [2.75, 3.05) is 5.32 Å². The van der Waals surface area contributed by atoms with Gasteiger partial charge < -0.3 is 20.6 Å². The highest BCUT2D eigenvalue weighted by atomic mass is 16.3. The van der Waals surface area contributed by atoms with Crippen molar-refractivity contribution in [1.29, 1.82) is 0 Å². The molecule has 0 aromatic heterocycles. The number of anilines is 2. The van der Waals surface area contributed by atoms with Gasteiger partial charge in [-0.15, -0.1) is 0 Å². The molecule has 3 rings (SSSR count). The molecule has 0 saturated carbocycles. The Morgan fingerprint density at radius 2 is 1.50 bits per heavy atom. The van der Waals surface area contributed by atoms with E-state index in [0.29, 0.717) is 5.69 Å². The van der Waals surface area contributed by atoms with E-state index in [0.717, 1.165) is 0 Å². The molecular weight excluding hydrogens is 284 g/mol. The lowest BCUT2D eigenvalue weighted by atomic mass is 10.2. The van der Waals surface area contributed by atoms with Crippen LogP contribution in [0.3, 0.4) is 0 Å². The Morgan fingerprint density at radius 1 is 0.864 bits per heavy atom. The largest absolute Gasteiger partial charge is 0.506 e. The van der Waals surface area contributed by atoms with Gasteiger partial charge in [0.25, 0.3) is 0 Å². The van der Waals surface area contributed by atoms with Crippen LogP contribution in [-0.4, -0.2) is 15.3 Å². The molecule has 6 heteroatoms. The van der Waals surface area contributed by atoms with E-state index in [1.165, 1.54) is 18.2 Å². The Kier molecular flexibility index (Phi) is 3.27. The third kappa shape index (κ3) is 2.26. The molecule has 0 unspecified atom stereocenters. The summed E-state index contributed by atoms with van der Waals surface area (Å²) in [6.45, 7) is 0. The van der Waals surface area contributed by atoms with Crippen LogP contribution >= 0.6 is 0 Å². The number of benzene rings is 2. The number of phenols is 2. The molecule has 0 radical (unpaired) electrons. The second-order valence-corrected chi connectivity index (χ2v) is 4.64. The van der Waals surface area contributed by atoms with E-state index >= 15 is 0 Å². The van der Waals surface area contributed by atoms with Crippen molar-refractivity contribution in [3.05, 3.63) is 64.1 Å². The van der Waals surface area contributed by atoms with Gasteiger partial charge >= 0.3 is 0 Å². The highest BCUT2D eigenvalue weighted by Gasteiger charge is 2.19. The fraction of sp³-hybridized carbons (Fsp3) is 0. The van der Waals surface area contributed by atoms with Crippen LogP contribution < -0.4 is 16.1 Å². The van der Waals surface area contributed by atoms with Crippen LogP contribution in [0.15, 0.2) is 58.3 Å². The van der Waals surface area contributed by atoms with Crippen molar-refractivity contribution in [3.63, 3.8) is 0 Å². The lowest BCUT2D eigenvalue weighted by molar-refractivity contribution is 0.462. The maximum Gasteiger partial charge on any atom is 0.235 e. The summed E-state index contributed by atoms with van der Waals surface area (Å²) in [5.41, 5.74) is -0.0438. The Bertz CT molecular complexity index is 924. The minimum absolute atomic E-state index is 0.0401. The molecule has 0 bridgehead atoms. The van der Waals surface area contributed by atoms with Crippen LogP contribution in [-0.2, 0) is 0 Å². The summed E-state index contributed by atoms with van der Waals surface area (Å²) >= 11 is 0. The average Bonchev–Trinajstić information content (AvgIpc) is 2.53. The third-order valence-electron chi connectivity index (χ3n) is 3.18. The van der Waals surface area contributed by atoms with E-state index in [9.17, 15) is 20.1 Å². The summed E-state index contributed by atoms with van der Waals surface area (Å²) in [5, 5.41) is 31.7. The van der Waals surface area contributed by atoms with Crippen molar-refractivity contribution < 1.29 is 15.3 Å². The molecule has 4 N–H and O–H groups in total. The van der Waals surface area contributed by atoms with Gasteiger partial charge in [0.2, 0.25) is 5.43 Å². The number of hydrogen-bond acceptors (Lipinski definition) is 6. The molecular formula is C16H12N2O4. The number of nitrogens with one attached hydrogen (secondary N) is 1. The Hall–Kier alpha value is -3.28. The molecule has 0 aliphatic carbocycles. The summed E-state index contributed by atoms with van der Waals surface area (Å²) in [6, 6.07) is 12.6. The number of hydrogen-bond donors (Lipinski definition) is 4. The minimum atomic E-state index is -0.496. The van der Waals surface area contributed by atoms with E-state index in [2.05, 4.69) is 10.3 Å². The van der Waals surface area contributed by atoms with Gasteiger partial charge in [-0.05, 0) is 24.3 Å². The molecule has 0 amide bonds. The maximum atomic E-state index is 12.0. The van der Waals surface area contributed by atoms with Crippen molar-refractivity contribution >= 4 is 17.1 Å². The summed E-state index contributed by atoms with van der Waals surface area (Å²) in [7, 11) is 0. The number of aromatic hydroxyl groups is 3. The quantitative estimate of drug-likeness (QED) is 0.554. The number of para-hydroxylation sites is 4. The van der Waals surface area contributed by atoms with Gasteiger partial charge in [0.15, 0.2) is 11.1 Å². The van der Waals surface area contributed by atoms with Crippen LogP contribution in [0.1, 0.15) is 0 Å². The first-order valence-corrected chi connectivity index (χ1v) is 6.48. The summed E-state index contributed by atoms with van der Waals surface area (Å²) in [4.78, 5) is 16.0. The standard InChI is InChI=1S/C16H12N2O4/c19-11-7-3-1-5-9(11)17-13-15(21)14(16(13)22)18-10-6-2-4-8-12(10)20/h1-8,17,19-21H. The van der Waals surface area contributed by atoms with Gasteiger partial charge in [-0.25, -0.2) is 4.99 Å². The zero-order valence-corrected chi connectivity index (χ0v) is 11.3. The third-order valence-corrected chi connectivity index (χ3v) is 3.18. The minimum Gasteiger partial charge on any atom is -0.506 e. The van der Waals surface area contributed by atoms with Gasteiger partial charge in [-0.2, -0.15) is 0 Å². The highest BCUT2D eigenvalue weighted by Crippen LogP contribution is 2.29. The predicted molar refractivity (Wildman–Crippen MR) is 81.5 cm³/mol. The number of nitrogens with zero attached hydrogens (tertiary/aromatic N) is 1. The molecule has 0 saturated heterocycles. The van der Waals surface area contributed by atoms with Gasteiger partial charge in [0.1, 0.15) is 22.9 Å². The van der Waals surface area contributed by atoms with Crippen LogP contribution in [0.5, 0.6) is 17.2 Å². The molecule has 3 aromatic rings. The zero-order valence-electron chi connectivity index (χ0n) is 11.3. The summed E-state index contributed by atoms with van der Waals surface area (Å²) in [5.74, 6) is -0.434. The van der Waals surface area contributed by atoms with Crippen LogP contribution in [0, 0.1) is 0 Å². The van der Waals surface area contributed by atoms with Crippen LogP contribution in [0.25, 0.3) is 0 Å². The van der Waals surface area contributed by atoms with Crippen LogP contribution in [0.4, 0.5) is 17.1 Å². The van der Waals surface area contributed by atoms with Gasteiger partial charge in [-0.1, -0.05) is 24.3 Å². The van der Waals surface area contributed by atoms with E-state index in [1.807, 2.05) is 0 Å². The molecule has 3 aromatic carbocycles.